The van der Waals surface area contributed by atoms with Crippen LogP contribution in [0.3, 0.4) is 0 Å². The summed E-state index contributed by atoms with van der Waals surface area (Å²) in [4.78, 5) is 17.5. The molecule has 5 rings (SSSR count). The number of nitrogens with zero attached hydrogens (tertiary/aromatic N) is 1. The van der Waals surface area contributed by atoms with Crippen LogP contribution >= 0.6 is 0 Å². The molecule has 1 N–H and O–H groups in total. The molecule has 1 aromatic carbocycles. The molecule has 1 heterocycles. The predicted octanol–water partition coefficient (Wildman–Crippen LogP) is 6.23. The number of carbonyl (C=O) groups is 1. The van der Waals surface area contributed by atoms with E-state index >= 15 is 0 Å². The highest BCUT2D eigenvalue weighted by Gasteiger charge is 2.29. The quantitative estimate of drug-likeness (QED) is 0.627. The first-order chi connectivity index (χ1) is 13.7. The number of rotatable bonds is 5. The molecule has 2 aromatic rings. The highest BCUT2D eigenvalue weighted by Crippen LogP contribution is 2.44. The molecule has 3 nitrogen and oxygen atoms in total. The standard InChI is InChI=1S/C25H34N2O/c1-2-3-14-26-25(28)24-17-22(21-12-4-5-13-23(21)27-24)20-15-18-8-6-9-19(16-20)11-7-10-18/h4-5,12-13,17-20H,2-3,6-11,14-16H2,1H3,(H,26,28). The Morgan fingerprint density at radius 1 is 1.07 bits per heavy atom. The summed E-state index contributed by atoms with van der Waals surface area (Å²) in [5.74, 6) is 2.23. The number of para-hydroxylation sites is 1. The molecule has 0 unspecified atom stereocenters. The molecular weight excluding hydrogens is 344 g/mol. The van der Waals surface area contributed by atoms with Crippen LogP contribution in [-0.2, 0) is 0 Å². The van der Waals surface area contributed by atoms with Gasteiger partial charge in [0.25, 0.3) is 5.91 Å². The molecule has 0 saturated heterocycles. The lowest BCUT2D eigenvalue weighted by molar-refractivity contribution is 0.0948. The lowest BCUT2D eigenvalue weighted by Crippen LogP contribution is -2.26. The van der Waals surface area contributed by atoms with E-state index in [1.165, 1.54) is 62.3 Å². The molecule has 3 heteroatoms. The Labute approximate surface area is 169 Å². The van der Waals surface area contributed by atoms with Crippen molar-refractivity contribution in [1.29, 1.82) is 0 Å². The highest BCUT2D eigenvalue weighted by molar-refractivity contribution is 5.96. The van der Waals surface area contributed by atoms with Crippen LogP contribution in [0.1, 0.15) is 93.1 Å². The van der Waals surface area contributed by atoms with Gasteiger partial charge in [0.1, 0.15) is 5.69 Å². The second-order valence-corrected chi connectivity index (χ2v) is 8.99. The summed E-state index contributed by atoms with van der Waals surface area (Å²) in [6.07, 6.45) is 13.0. The number of fused-ring (bicyclic) bond motifs is 7. The van der Waals surface area contributed by atoms with Crippen molar-refractivity contribution in [3.05, 3.63) is 41.6 Å². The van der Waals surface area contributed by atoms with Crippen LogP contribution in [0.4, 0.5) is 0 Å². The van der Waals surface area contributed by atoms with Crippen LogP contribution in [0.2, 0.25) is 0 Å². The van der Waals surface area contributed by atoms with E-state index in [-0.39, 0.29) is 5.91 Å². The second kappa shape index (κ2) is 9.07. The SMILES string of the molecule is CCCCNC(=O)c1cc(C2CC3CCCC(CCC3)C2)c2ccccc2n1. The fourth-order valence-electron chi connectivity index (χ4n) is 5.43. The normalized spacial score (nSPS) is 25.1. The van der Waals surface area contributed by atoms with E-state index in [0.717, 1.165) is 36.7 Å². The van der Waals surface area contributed by atoms with Gasteiger partial charge in [-0.1, -0.05) is 70.1 Å². The topological polar surface area (TPSA) is 42.0 Å². The maximum atomic E-state index is 12.7. The van der Waals surface area contributed by atoms with Crippen molar-refractivity contribution in [2.75, 3.05) is 6.54 Å². The van der Waals surface area contributed by atoms with Crippen LogP contribution in [0.5, 0.6) is 0 Å². The van der Waals surface area contributed by atoms with Crippen molar-refractivity contribution in [2.24, 2.45) is 11.8 Å². The molecule has 0 radical (unpaired) electrons. The van der Waals surface area contributed by atoms with Crippen molar-refractivity contribution in [3.63, 3.8) is 0 Å². The summed E-state index contributed by atoms with van der Waals surface area (Å²) in [5.41, 5.74) is 2.93. The molecule has 3 aliphatic rings. The monoisotopic (exact) mass is 378 g/mol. The number of unbranched alkanes of at least 4 members (excludes halogenated alkanes) is 1. The van der Waals surface area contributed by atoms with Gasteiger partial charge in [-0.3, -0.25) is 4.79 Å². The van der Waals surface area contributed by atoms with Crippen LogP contribution in [0.25, 0.3) is 10.9 Å². The van der Waals surface area contributed by atoms with Crippen molar-refractivity contribution in [2.45, 2.75) is 77.0 Å². The number of pyridine rings is 1. The van der Waals surface area contributed by atoms with Crippen molar-refractivity contribution < 1.29 is 4.79 Å². The molecule has 0 spiro atoms. The van der Waals surface area contributed by atoms with E-state index in [4.69, 9.17) is 4.98 Å². The number of nitrogens with one attached hydrogen (secondary N) is 1. The Balaban J connectivity index is 1.69. The average molecular weight is 379 g/mol. The molecular formula is C25H34N2O. The van der Waals surface area contributed by atoms with Gasteiger partial charge < -0.3 is 5.32 Å². The van der Waals surface area contributed by atoms with Gasteiger partial charge in [0.05, 0.1) is 5.52 Å². The summed E-state index contributed by atoms with van der Waals surface area (Å²) >= 11 is 0. The number of aromatic nitrogens is 1. The Morgan fingerprint density at radius 2 is 1.75 bits per heavy atom. The van der Waals surface area contributed by atoms with E-state index in [2.05, 4.69) is 36.5 Å². The summed E-state index contributed by atoms with van der Waals surface area (Å²) in [5, 5.41) is 4.30. The Hall–Kier alpha value is -1.90. The lowest BCUT2D eigenvalue weighted by Gasteiger charge is -2.35. The molecule has 1 aromatic heterocycles. The third-order valence-corrected chi connectivity index (χ3v) is 6.92. The zero-order chi connectivity index (χ0) is 19.3. The van der Waals surface area contributed by atoms with Gasteiger partial charge in [0.2, 0.25) is 0 Å². The third-order valence-electron chi connectivity index (χ3n) is 6.92. The highest BCUT2D eigenvalue weighted by atomic mass is 16.1. The molecule has 150 valence electrons. The first-order valence-corrected chi connectivity index (χ1v) is 11.4. The maximum absolute atomic E-state index is 12.7. The number of carbonyl (C=O) groups excluding carboxylic acids is 1. The van der Waals surface area contributed by atoms with Gasteiger partial charge in [0, 0.05) is 11.9 Å². The molecule has 28 heavy (non-hydrogen) atoms. The number of hydrogen-bond donors (Lipinski definition) is 1. The fraction of sp³-hybridized carbons (Fsp3) is 0.600. The molecule has 3 aliphatic carbocycles. The van der Waals surface area contributed by atoms with E-state index in [0.29, 0.717) is 11.6 Å². The molecule has 0 atom stereocenters. The fourth-order valence-corrected chi connectivity index (χ4v) is 5.43. The van der Waals surface area contributed by atoms with E-state index in [1.54, 1.807) is 0 Å². The summed E-state index contributed by atoms with van der Waals surface area (Å²) in [6, 6.07) is 10.5. The van der Waals surface area contributed by atoms with Crippen molar-refractivity contribution in [1.82, 2.24) is 10.3 Å². The molecule has 3 fully saturated rings. The van der Waals surface area contributed by atoms with Gasteiger partial charge in [-0.05, 0) is 54.7 Å². The first kappa shape index (κ1) is 19.4. The minimum Gasteiger partial charge on any atom is -0.351 e. The number of benzene rings is 1. The maximum Gasteiger partial charge on any atom is 0.269 e. The number of amides is 1. The lowest BCUT2D eigenvalue weighted by atomic mass is 9.71. The molecule has 0 aliphatic heterocycles. The summed E-state index contributed by atoms with van der Waals surface area (Å²) in [6.45, 7) is 2.87. The second-order valence-electron chi connectivity index (χ2n) is 8.99. The minimum absolute atomic E-state index is 0.0218. The molecule has 1 amide bonds. The predicted molar refractivity (Wildman–Crippen MR) is 116 cm³/mol. The first-order valence-electron chi connectivity index (χ1n) is 11.4. The van der Waals surface area contributed by atoms with Crippen molar-refractivity contribution in [3.8, 4) is 0 Å². The van der Waals surface area contributed by atoms with Crippen LogP contribution in [0.15, 0.2) is 30.3 Å². The average Bonchev–Trinajstić information content (AvgIpc) is 2.66. The molecule has 2 bridgehead atoms. The van der Waals surface area contributed by atoms with Gasteiger partial charge in [-0.15, -0.1) is 0 Å². The summed E-state index contributed by atoms with van der Waals surface area (Å²) in [7, 11) is 0. The smallest absolute Gasteiger partial charge is 0.269 e. The van der Waals surface area contributed by atoms with Gasteiger partial charge in [0.15, 0.2) is 0 Å². The Bertz CT molecular complexity index is 791. The van der Waals surface area contributed by atoms with E-state index in [1.807, 2.05) is 6.07 Å². The number of hydrogen-bond acceptors (Lipinski definition) is 2. The van der Waals surface area contributed by atoms with Gasteiger partial charge >= 0.3 is 0 Å². The molecule has 3 saturated carbocycles. The van der Waals surface area contributed by atoms with Gasteiger partial charge in [-0.25, -0.2) is 4.98 Å². The van der Waals surface area contributed by atoms with Gasteiger partial charge in [-0.2, -0.15) is 0 Å². The van der Waals surface area contributed by atoms with Crippen molar-refractivity contribution >= 4 is 16.8 Å². The van der Waals surface area contributed by atoms with Crippen LogP contribution in [0, 0.1) is 11.8 Å². The summed E-state index contributed by atoms with van der Waals surface area (Å²) < 4.78 is 0. The van der Waals surface area contributed by atoms with Crippen LogP contribution in [-0.4, -0.2) is 17.4 Å². The zero-order valence-corrected chi connectivity index (χ0v) is 17.3. The Morgan fingerprint density at radius 3 is 2.43 bits per heavy atom. The zero-order valence-electron chi connectivity index (χ0n) is 17.3. The van der Waals surface area contributed by atoms with E-state index < -0.39 is 0 Å². The Kier molecular flexibility index (Phi) is 6.29. The van der Waals surface area contributed by atoms with Crippen LogP contribution < -0.4 is 5.32 Å². The van der Waals surface area contributed by atoms with E-state index in [9.17, 15) is 4.79 Å². The largest absolute Gasteiger partial charge is 0.351 e. The third kappa shape index (κ3) is 4.39. The minimum atomic E-state index is -0.0218.